The lowest BCUT2D eigenvalue weighted by atomic mass is 9.91. The summed E-state index contributed by atoms with van der Waals surface area (Å²) in [5.41, 5.74) is 17.3. The number of hydrogen-bond donors (Lipinski definition) is 0. The molecule has 0 N–H and O–H groups in total. The molecule has 5 aromatic rings. The van der Waals surface area contributed by atoms with Gasteiger partial charge in [0.1, 0.15) is 0 Å². The Kier molecular flexibility index (Phi) is 20.4. The van der Waals surface area contributed by atoms with Crippen LogP contribution in [0.2, 0.25) is 0 Å². The van der Waals surface area contributed by atoms with E-state index in [1.165, 1.54) is 93.3 Å². The van der Waals surface area contributed by atoms with E-state index in [2.05, 4.69) is 189 Å². The fraction of sp³-hybridized carbons (Fsp3) is 0.296. The van der Waals surface area contributed by atoms with Crippen molar-refractivity contribution in [3.63, 3.8) is 0 Å². The van der Waals surface area contributed by atoms with Crippen LogP contribution in [0.4, 0.5) is 0 Å². The molecule has 0 saturated heterocycles. The van der Waals surface area contributed by atoms with Gasteiger partial charge in [-0.05, 0) is 101 Å². The molecule has 284 valence electrons. The van der Waals surface area contributed by atoms with E-state index in [1.807, 2.05) is 20.8 Å². The molecule has 0 bridgehead atoms. The van der Waals surface area contributed by atoms with Crippen LogP contribution >= 0.6 is 0 Å². The minimum Gasteiger partial charge on any atom is -0.0955 e. The average molecular weight is 717 g/mol. The zero-order valence-electron chi connectivity index (χ0n) is 35.2. The third-order valence-electron chi connectivity index (χ3n) is 9.52. The molecule has 0 aromatic heterocycles. The second kappa shape index (κ2) is 24.4. The molecule has 0 heterocycles. The highest BCUT2D eigenvalue weighted by molar-refractivity contribution is 5.66. The monoisotopic (exact) mass is 717 g/mol. The topological polar surface area (TPSA) is 0 Å². The minimum absolute atomic E-state index is 0.920. The van der Waals surface area contributed by atoms with Gasteiger partial charge >= 0.3 is 0 Å². The minimum atomic E-state index is 0.920. The maximum atomic E-state index is 4.17. The van der Waals surface area contributed by atoms with Crippen molar-refractivity contribution in [1.29, 1.82) is 0 Å². The first kappa shape index (κ1) is 45.2. The number of hydrogen-bond acceptors (Lipinski definition) is 0. The number of allylic oxidation sites excluding steroid dienone is 4. The quantitative estimate of drug-likeness (QED) is 0.164. The van der Waals surface area contributed by atoms with Gasteiger partial charge in [-0.2, -0.15) is 0 Å². The van der Waals surface area contributed by atoms with E-state index in [0.29, 0.717) is 0 Å². The van der Waals surface area contributed by atoms with Gasteiger partial charge in [0.15, 0.2) is 0 Å². The van der Waals surface area contributed by atoms with Crippen LogP contribution < -0.4 is 0 Å². The van der Waals surface area contributed by atoms with Gasteiger partial charge < -0.3 is 0 Å². The molecule has 1 aliphatic rings. The highest BCUT2D eigenvalue weighted by Gasteiger charge is 2.06. The first-order valence-electron chi connectivity index (χ1n) is 19.6. The van der Waals surface area contributed by atoms with E-state index >= 15 is 0 Å². The Morgan fingerprint density at radius 1 is 0.407 bits per heavy atom. The Morgan fingerprint density at radius 2 is 0.667 bits per heavy atom. The van der Waals surface area contributed by atoms with E-state index in [-0.39, 0.29) is 0 Å². The Hall–Kier alpha value is -4.94. The average Bonchev–Trinajstić information content (AvgIpc) is 3.15. The van der Waals surface area contributed by atoms with Gasteiger partial charge in [0.25, 0.3) is 0 Å². The first-order valence-corrected chi connectivity index (χ1v) is 19.6. The summed E-state index contributed by atoms with van der Waals surface area (Å²) in [7, 11) is 0. The van der Waals surface area contributed by atoms with Gasteiger partial charge in [-0.1, -0.05) is 231 Å². The third kappa shape index (κ3) is 18.7. The Labute approximate surface area is 331 Å². The molecule has 0 heteroatoms. The largest absolute Gasteiger partial charge is 0.0955 e. The fourth-order valence-corrected chi connectivity index (χ4v) is 5.66. The molecule has 0 nitrogen and oxygen atoms in total. The summed E-state index contributed by atoms with van der Waals surface area (Å²) in [5, 5.41) is 0. The maximum Gasteiger partial charge on any atom is -0.00257 e. The predicted molar refractivity (Wildman–Crippen MR) is 245 cm³/mol. The summed E-state index contributed by atoms with van der Waals surface area (Å²) >= 11 is 0. The number of aryl methyl sites for hydroxylation is 5. The Balaban J connectivity index is 0.000000241. The summed E-state index contributed by atoms with van der Waals surface area (Å²) in [6.45, 7) is 34.6. The van der Waals surface area contributed by atoms with Gasteiger partial charge in [-0.25, -0.2) is 0 Å². The van der Waals surface area contributed by atoms with Gasteiger partial charge in [0, 0.05) is 0 Å². The van der Waals surface area contributed by atoms with Crippen molar-refractivity contribution in [2.45, 2.75) is 101 Å². The highest BCUT2D eigenvalue weighted by Crippen LogP contribution is 2.22. The fourth-order valence-electron chi connectivity index (χ4n) is 5.66. The SMILES string of the molecule is C=C(C)c1ccc(C)cc1.C=C(C)c1ccc(C)cc1.C=C(C)c1ccc(C)cc1.C=C(Cc1ccc(C)cc1)c1ccc(C)cc1.CC1CCCCC1. The summed E-state index contributed by atoms with van der Waals surface area (Å²) in [4.78, 5) is 0. The molecular formula is C54H68. The van der Waals surface area contributed by atoms with Crippen LogP contribution in [0, 0.1) is 40.5 Å². The third-order valence-corrected chi connectivity index (χ3v) is 9.52. The molecule has 6 rings (SSSR count). The van der Waals surface area contributed by atoms with Crippen LogP contribution in [0.25, 0.3) is 22.3 Å². The van der Waals surface area contributed by atoms with Crippen LogP contribution in [0.1, 0.15) is 115 Å². The lowest BCUT2D eigenvalue weighted by molar-refractivity contribution is 0.385. The summed E-state index contributed by atoms with van der Waals surface area (Å²) in [6, 6.07) is 42.4. The second-order valence-electron chi connectivity index (χ2n) is 15.3. The summed E-state index contributed by atoms with van der Waals surface area (Å²) in [6.07, 6.45) is 8.36. The van der Waals surface area contributed by atoms with Crippen LogP contribution in [0.15, 0.2) is 148 Å². The van der Waals surface area contributed by atoms with Crippen molar-refractivity contribution in [3.05, 3.63) is 203 Å². The Morgan fingerprint density at radius 3 is 0.907 bits per heavy atom. The van der Waals surface area contributed by atoms with Crippen molar-refractivity contribution in [1.82, 2.24) is 0 Å². The number of benzene rings is 5. The molecule has 1 aliphatic carbocycles. The van der Waals surface area contributed by atoms with Crippen LogP contribution in [0.5, 0.6) is 0 Å². The van der Waals surface area contributed by atoms with Gasteiger partial charge in [-0.3, -0.25) is 0 Å². The summed E-state index contributed by atoms with van der Waals surface area (Å²) < 4.78 is 0. The van der Waals surface area contributed by atoms with E-state index in [0.717, 1.165) is 29.1 Å². The van der Waals surface area contributed by atoms with Crippen LogP contribution in [0.3, 0.4) is 0 Å². The van der Waals surface area contributed by atoms with Crippen molar-refractivity contribution < 1.29 is 0 Å². The van der Waals surface area contributed by atoms with Gasteiger partial charge in [0.05, 0.1) is 0 Å². The molecule has 5 aromatic carbocycles. The van der Waals surface area contributed by atoms with Crippen molar-refractivity contribution >= 4 is 22.3 Å². The van der Waals surface area contributed by atoms with Crippen molar-refractivity contribution in [2.24, 2.45) is 5.92 Å². The molecular weight excluding hydrogens is 649 g/mol. The molecule has 1 saturated carbocycles. The molecule has 0 spiro atoms. The van der Waals surface area contributed by atoms with E-state index < -0.39 is 0 Å². The lowest BCUT2D eigenvalue weighted by Crippen LogP contribution is -1.99. The lowest BCUT2D eigenvalue weighted by Gasteiger charge is -2.15. The second-order valence-corrected chi connectivity index (χ2v) is 15.3. The zero-order chi connectivity index (χ0) is 40.0. The van der Waals surface area contributed by atoms with E-state index in [4.69, 9.17) is 0 Å². The number of rotatable bonds is 6. The molecule has 0 amide bonds. The van der Waals surface area contributed by atoms with Crippen molar-refractivity contribution in [2.75, 3.05) is 0 Å². The normalized spacial score (nSPS) is 11.7. The molecule has 0 radical (unpaired) electrons. The zero-order valence-corrected chi connectivity index (χ0v) is 35.2. The molecule has 1 fully saturated rings. The van der Waals surface area contributed by atoms with Gasteiger partial charge in [0.2, 0.25) is 0 Å². The van der Waals surface area contributed by atoms with E-state index in [1.54, 1.807) is 0 Å². The van der Waals surface area contributed by atoms with E-state index in [9.17, 15) is 0 Å². The van der Waals surface area contributed by atoms with Crippen LogP contribution in [-0.4, -0.2) is 0 Å². The van der Waals surface area contributed by atoms with Crippen LogP contribution in [-0.2, 0) is 6.42 Å². The highest BCUT2D eigenvalue weighted by atomic mass is 14.1. The van der Waals surface area contributed by atoms with Crippen molar-refractivity contribution in [3.8, 4) is 0 Å². The first-order chi connectivity index (χ1) is 25.6. The van der Waals surface area contributed by atoms with Gasteiger partial charge in [-0.15, -0.1) is 0 Å². The maximum absolute atomic E-state index is 4.17. The smallest absolute Gasteiger partial charge is 0.00257 e. The predicted octanol–water partition coefficient (Wildman–Crippen LogP) is 16.2. The molecule has 0 aliphatic heterocycles. The summed E-state index contributed by atoms with van der Waals surface area (Å²) in [5.74, 6) is 1.04. The molecule has 0 atom stereocenters. The Bertz CT molecular complexity index is 1710. The molecule has 54 heavy (non-hydrogen) atoms. The molecule has 0 unspecified atom stereocenters. The standard InChI is InChI=1S/C17H18.3C10H12.C7H14/c1-13-4-8-16(9-5-13)12-15(3)17-10-6-14(2)7-11-17;3*1-8(2)10-6-4-9(3)5-7-10;1-7-5-3-2-4-6-7/h4-11H,3,12H2,1-2H3;3*4-7H,1H2,2-3H3;7H,2-6H2,1H3.